The molecule has 40 heavy (non-hydrogen) atoms. The predicted molar refractivity (Wildman–Crippen MR) is 154 cm³/mol. The number of rotatable bonds is 9. The van der Waals surface area contributed by atoms with E-state index in [-0.39, 0.29) is 18.4 Å². The summed E-state index contributed by atoms with van der Waals surface area (Å²) in [5.74, 6) is 1.12. The number of aliphatic hydroxyl groups excluding tert-OH is 1. The van der Waals surface area contributed by atoms with Crippen molar-refractivity contribution in [2.45, 2.75) is 37.4 Å². The first kappa shape index (κ1) is 28.0. The maximum atomic E-state index is 12.0. The van der Waals surface area contributed by atoms with E-state index in [0.717, 1.165) is 28.2 Å². The van der Waals surface area contributed by atoms with Crippen LogP contribution >= 0.6 is 12.2 Å². The minimum Gasteiger partial charge on any atom is -0.497 e. The summed E-state index contributed by atoms with van der Waals surface area (Å²) < 4.78 is 24.1. The number of hydrogen-bond donors (Lipinski definition) is 2. The van der Waals surface area contributed by atoms with Crippen LogP contribution in [-0.2, 0) is 19.9 Å². The third-order valence-corrected chi connectivity index (χ3v) is 7.94. The third-order valence-electron chi connectivity index (χ3n) is 7.60. The zero-order chi connectivity index (χ0) is 28.3. The van der Waals surface area contributed by atoms with Gasteiger partial charge < -0.3 is 34.3 Å². The summed E-state index contributed by atoms with van der Waals surface area (Å²) in [6.07, 6.45) is -1.51. The molecule has 5 rings (SSSR count). The minimum absolute atomic E-state index is 0.104. The molecule has 3 aromatic rings. The molecule has 3 aromatic carbocycles. The minimum atomic E-state index is -1.02. The van der Waals surface area contributed by atoms with Crippen LogP contribution in [0.2, 0.25) is 0 Å². The molecule has 2 aliphatic rings. The monoisotopic (exact) mass is 562 g/mol. The Kier molecular flexibility index (Phi) is 8.37. The number of carbonyl (C=O) groups excluding carboxylic acids is 1. The molecule has 2 heterocycles. The molecule has 4 atom stereocenters. The van der Waals surface area contributed by atoms with E-state index >= 15 is 0 Å². The summed E-state index contributed by atoms with van der Waals surface area (Å²) in [5.41, 5.74) is 1.68. The number of nitrogens with zero attached hydrogens (tertiary/aromatic N) is 1. The molecule has 0 spiro atoms. The predicted octanol–water partition coefficient (Wildman–Crippen LogP) is 3.84. The number of nitrogens with one attached hydrogen (secondary N) is 1. The number of carbonyl (C=O) groups is 1. The largest absolute Gasteiger partial charge is 0.497 e. The van der Waals surface area contributed by atoms with Crippen LogP contribution in [0.4, 0.5) is 0 Å². The smallest absolute Gasteiger partial charge is 0.230 e. The summed E-state index contributed by atoms with van der Waals surface area (Å²) in [6.45, 7) is 2.38. The highest BCUT2D eigenvalue weighted by molar-refractivity contribution is 7.80. The molecule has 2 saturated heterocycles. The molecule has 1 amide bonds. The van der Waals surface area contributed by atoms with E-state index in [9.17, 15) is 9.90 Å². The highest BCUT2D eigenvalue weighted by atomic mass is 32.1. The lowest BCUT2D eigenvalue weighted by molar-refractivity contribution is -0.128. The van der Waals surface area contributed by atoms with Crippen LogP contribution in [0.3, 0.4) is 0 Å². The molecule has 1 unspecified atom stereocenters. The van der Waals surface area contributed by atoms with E-state index < -0.39 is 24.0 Å². The van der Waals surface area contributed by atoms with E-state index in [1.165, 1.54) is 0 Å². The van der Waals surface area contributed by atoms with Gasteiger partial charge in [0.2, 0.25) is 5.91 Å². The second kappa shape index (κ2) is 11.9. The molecule has 0 aliphatic carbocycles. The van der Waals surface area contributed by atoms with Gasteiger partial charge in [0.25, 0.3) is 0 Å². The van der Waals surface area contributed by atoms with Crippen LogP contribution < -0.4 is 14.8 Å². The Hall–Kier alpha value is -3.50. The van der Waals surface area contributed by atoms with Gasteiger partial charge in [0.1, 0.15) is 29.4 Å². The van der Waals surface area contributed by atoms with Gasteiger partial charge >= 0.3 is 0 Å². The molecule has 2 N–H and O–H groups in total. The van der Waals surface area contributed by atoms with Crippen molar-refractivity contribution < 1.29 is 28.8 Å². The Balaban J connectivity index is 1.49. The second-order valence-electron chi connectivity index (χ2n) is 10.1. The molecule has 0 radical (unpaired) electrons. The van der Waals surface area contributed by atoms with Crippen molar-refractivity contribution in [3.05, 3.63) is 95.6 Å². The van der Waals surface area contributed by atoms with Gasteiger partial charge in [0.15, 0.2) is 5.11 Å². The van der Waals surface area contributed by atoms with Crippen LogP contribution in [0.5, 0.6) is 11.5 Å². The summed E-state index contributed by atoms with van der Waals surface area (Å²) in [5, 5.41) is 14.1. The molecule has 2 fully saturated rings. The normalized spacial score (nSPS) is 23.1. The van der Waals surface area contributed by atoms with Crippen LogP contribution in [0.25, 0.3) is 0 Å². The van der Waals surface area contributed by atoms with Crippen molar-refractivity contribution >= 4 is 23.2 Å². The van der Waals surface area contributed by atoms with Gasteiger partial charge in [0, 0.05) is 13.0 Å². The van der Waals surface area contributed by atoms with Gasteiger partial charge in [-0.05, 0) is 53.2 Å². The maximum absolute atomic E-state index is 12.0. The van der Waals surface area contributed by atoms with Crippen LogP contribution in [0.1, 0.15) is 30.0 Å². The fourth-order valence-corrected chi connectivity index (χ4v) is 5.64. The number of methoxy groups -OCH3 is 2. The Bertz CT molecular complexity index is 1270. The average molecular weight is 563 g/mol. The SMILES string of the molecule is COc1ccc(C(OC[C@H]2O[C@@H](N3CC(C)C(=O)NC3=S)C[C@@H]2O)(c2ccccc2)c2ccc(OC)cc2)cc1. The fourth-order valence-electron chi connectivity index (χ4n) is 5.35. The van der Waals surface area contributed by atoms with Crippen LogP contribution in [0, 0.1) is 5.92 Å². The molecular weight excluding hydrogens is 528 g/mol. The average Bonchev–Trinajstić information content (AvgIpc) is 3.36. The number of aliphatic hydroxyl groups is 1. The first-order valence-corrected chi connectivity index (χ1v) is 13.7. The van der Waals surface area contributed by atoms with Crippen LogP contribution in [0.15, 0.2) is 78.9 Å². The first-order chi connectivity index (χ1) is 19.3. The lowest BCUT2D eigenvalue weighted by Crippen LogP contribution is -2.57. The highest BCUT2D eigenvalue weighted by Crippen LogP contribution is 2.42. The standard InChI is InChI=1S/C31H34N2O6S/c1-20-18-33(30(40)32-29(20)35)28-17-26(34)27(39-28)19-38-31(21-7-5-4-6-8-21,22-9-13-24(36-2)14-10-22)23-11-15-25(37-3)16-12-23/h4-16,20,26-28,34H,17-19H2,1-3H3,(H,32,35,40)/t20?,26-,27+,28+/m0/s1. The number of hydrogen-bond acceptors (Lipinski definition) is 7. The Morgan fingerprint density at radius 1 is 0.950 bits per heavy atom. The molecular formula is C31H34N2O6S. The maximum Gasteiger partial charge on any atom is 0.230 e. The fraction of sp³-hybridized carbons (Fsp3) is 0.355. The number of benzene rings is 3. The number of ether oxygens (including phenoxy) is 4. The van der Waals surface area contributed by atoms with Crippen molar-refractivity contribution in [2.75, 3.05) is 27.4 Å². The van der Waals surface area contributed by atoms with Gasteiger partial charge in [-0.1, -0.05) is 61.5 Å². The molecule has 2 aliphatic heterocycles. The summed E-state index contributed by atoms with van der Waals surface area (Å²) >= 11 is 5.41. The first-order valence-electron chi connectivity index (χ1n) is 13.3. The number of amides is 1. The van der Waals surface area contributed by atoms with E-state index in [1.807, 2.05) is 90.7 Å². The lowest BCUT2D eigenvalue weighted by Gasteiger charge is -2.38. The Labute approximate surface area is 239 Å². The second-order valence-corrected chi connectivity index (χ2v) is 10.5. The molecule has 0 bridgehead atoms. The lowest BCUT2D eigenvalue weighted by atomic mass is 9.80. The molecule has 9 heteroatoms. The highest BCUT2D eigenvalue weighted by Gasteiger charge is 2.44. The molecule has 210 valence electrons. The topological polar surface area (TPSA) is 89.5 Å². The van der Waals surface area contributed by atoms with Crippen LogP contribution in [-0.4, -0.2) is 66.8 Å². The quantitative estimate of drug-likeness (QED) is 0.301. The summed E-state index contributed by atoms with van der Waals surface area (Å²) in [7, 11) is 3.27. The molecule has 8 nitrogen and oxygen atoms in total. The van der Waals surface area contributed by atoms with Crippen molar-refractivity contribution in [3.63, 3.8) is 0 Å². The van der Waals surface area contributed by atoms with Gasteiger partial charge in [-0.25, -0.2) is 0 Å². The van der Waals surface area contributed by atoms with Gasteiger partial charge in [-0.3, -0.25) is 4.79 Å². The Morgan fingerprint density at radius 2 is 1.50 bits per heavy atom. The van der Waals surface area contributed by atoms with Crippen molar-refractivity contribution in [2.24, 2.45) is 5.92 Å². The zero-order valence-electron chi connectivity index (χ0n) is 22.8. The van der Waals surface area contributed by atoms with E-state index in [2.05, 4.69) is 5.32 Å². The van der Waals surface area contributed by atoms with Crippen molar-refractivity contribution in [3.8, 4) is 11.5 Å². The van der Waals surface area contributed by atoms with Gasteiger partial charge in [-0.15, -0.1) is 0 Å². The van der Waals surface area contributed by atoms with E-state index in [1.54, 1.807) is 14.2 Å². The molecule has 0 saturated carbocycles. The Morgan fingerprint density at radius 3 is 2.05 bits per heavy atom. The zero-order valence-corrected chi connectivity index (χ0v) is 23.6. The van der Waals surface area contributed by atoms with E-state index in [4.69, 9.17) is 31.2 Å². The van der Waals surface area contributed by atoms with Crippen molar-refractivity contribution in [1.29, 1.82) is 0 Å². The third kappa shape index (κ3) is 5.42. The van der Waals surface area contributed by atoms with E-state index in [0.29, 0.717) is 18.1 Å². The van der Waals surface area contributed by atoms with Gasteiger partial charge in [0.05, 0.1) is 32.8 Å². The molecule has 0 aromatic heterocycles. The van der Waals surface area contributed by atoms with Crippen molar-refractivity contribution in [1.82, 2.24) is 10.2 Å². The summed E-state index contributed by atoms with van der Waals surface area (Å²) in [6, 6.07) is 25.5. The van der Waals surface area contributed by atoms with Gasteiger partial charge in [-0.2, -0.15) is 0 Å². The number of thiocarbonyl (C=S) groups is 1. The summed E-state index contributed by atoms with van der Waals surface area (Å²) in [4.78, 5) is 13.9.